The second-order valence-corrected chi connectivity index (χ2v) is 4.55. The highest BCUT2D eigenvalue weighted by molar-refractivity contribution is 5.71. The van der Waals surface area contributed by atoms with Crippen LogP contribution in [-0.4, -0.2) is 0 Å². The molecule has 0 bridgehead atoms. The molecule has 2 aromatic rings. The lowest BCUT2D eigenvalue weighted by Gasteiger charge is -2.01. The van der Waals surface area contributed by atoms with Crippen molar-refractivity contribution in [2.45, 2.75) is 13.8 Å². The van der Waals surface area contributed by atoms with Crippen LogP contribution in [0.15, 0.2) is 49.0 Å². The van der Waals surface area contributed by atoms with Gasteiger partial charge in [0.1, 0.15) is 0 Å². The minimum Gasteiger partial charge on any atom is -0.0985 e. The molecule has 0 amide bonds. The van der Waals surface area contributed by atoms with Crippen LogP contribution in [-0.2, 0) is 0 Å². The summed E-state index contributed by atoms with van der Waals surface area (Å²) in [5.74, 6) is 0. The van der Waals surface area contributed by atoms with Crippen LogP contribution in [0.5, 0.6) is 0 Å². The largest absolute Gasteiger partial charge is 0.0985 e. The number of aryl methyl sites for hydroxylation is 2. The Hall–Kier alpha value is -2.08. The third-order valence-electron chi connectivity index (χ3n) is 3.15. The Balaban J connectivity index is 2.24. The predicted octanol–water partition coefficient (Wildman–Crippen LogP) is 5.12. The van der Waals surface area contributed by atoms with Crippen LogP contribution in [0, 0.1) is 13.8 Å². The quantitative estimate of drug-likeness (QED) is 0.647. The SMILES string of the molecule is C=Cc1cccc(/C=C/c2ccc(C)c(C)c2)c1. The fourth-order valence-corrected chi connectivity index (χ4v) is 1.85. The first-order valence-electron chi connectivity index (χ1n) is 6.17. The van der Waals surface area contributed by atoms with Gasteiger partial charge < -0.3 is 0 Å². The summed E-state index contributed by atoms with van der Waals surface area (Å²) in [6.07, 6.45) is 6.15. The molecule has 0 aliphatic rings. The Morgan fingerprint density at radius 2 is 1.44 bits per heavy atom. The first-order valence-corrected chi connectivity index (χ1v) is 6.17. The molecule has 0 aliphatic carbocycles. The minimum atomic E-state index is 1.15. The Kier molecular flexibility index (Phi) is 3.78. The van der Waals surface area contributed by atoms with Crippen molar-refractivity contribution in [3.05, 3.63) is 76.9 Å². The van der Waals surface area contributed by atoms with Crippen molar-refractivity contribution in [2.24, 2.45) is 0 Å². The summed E-state index contributed by atoms with van der Waals surface area (Å²) in [4.78, 5) is 0. The van der Waals surface area contributed by atoms with Crippen molar-refractivity contribution in [1.82, 2.24) is 0 Å². The molecule has 0 aliphatic heterocycles. The molecule has 0 N–H and O–H groups in total. The Morgan fingerprint density at radius 1 is 0.778 bits per heavy atom. The molecule has 0 saturated carbocycles. The average Bonchev–Trinajstić information content (AvgIpc) is 2.40. The van der Waals surface area contributed by atoms with Gasteiger partial charge in [-0.05, 0) is 47.7 Å². The van der Waals surface area contributed by atoms with Gasteiger partial charge in [0, 0.05) is 0 Å². The van der Waals surface area contributed by atoms with Crippen molar-refractivity contribution in [3.8, 4) is 0 Å². The molecule has 0 unspecified atom stereocenters. The van der Waals surface area contributed by atoms with Crippen molar-refractivity contribution in [2.75, 3.05) is 0 Å². The van der Waals surface area contributed by atoms with Crippen molar-refractivity contribution in [3.63, 3.8) is 0 Å². The summed E-state index contributed by atoms with van der Waals surface area (Å²) >= 11 is 0. The number of hydrogen-bond donors (Lipinski definition) is 0. The van der Waals surface area contributed by atoms with Gasteiger partial charge in [0.05, 0.1) is 0 Å². The van der Waals surface area contributed by atoms with Crippen LogP contribution in [0.3, 0.4) is 0 Å². The van der Waals surface area contributed by atoms with Gasteiger partial charge in [0.25, 0.3) is 0 Å². The molecule has 0 atom stereocenters. The molecule has 90 valence electrons. The van der Waals surface area contributed by atoms with Gasteiger partial charge >= 0.3 is 0 Å². The molecule has 0 spiro atoms. The van der Waals surface area contributed by atoms with E-state index >= 15 is 0 Å². The maximum absolute atomic E-state index is 3.79. The van der Waals surface area contributed by atoms with E-state index in [1.807, 2.05) is 6.08 Å². The van der Waals surface area contributed by atoms with E-state index in [4.69, 9.17) is 0 Å². The summed E-state index contributed by atoms with van der Waals surface area (Å²) in [6, 6.07) is 14.9. The molecule has 0 heterocycles. The fourth-order valence-electron chi connectivity index (χ4n) is 1.85. The maximum atomic E-state index is 3.79. The summed E-state index contributed by atoms with van der Waals surface area (Å²) in [6.45, 7) is 8.07. The zero-order chi connectivity index (χ0) is 13.0. The van der Waals surface area contributed by atoms with Gasteiger partial charge in [-0.25, -0.2) is 0 Å². The highest BCUT2D eigenvalue weighted by Gasteiger charge is 1.93. The van der Waals surface area contributed by atoms with Gasteiger partial charge in [-0.1, -0.05) is 61.2 Å². The van der Waals surface area contributed by atoms with E-state index < -0.39 is 0 Å². The summed E-state index contributed by atoms with van der Waals surface area (Å²) < 4.78 is 0. The van der Waals surface area contributed by atoms with Gasteiger partial charge in [-0.3, -0.25) is 0 Å². The van der Waals surface area contributed by atoms with Gasteiger partial charge in [0.2, 0.25) is 0 Å². The highest BCUT2D eigenvalue weighted by atomic mass is 14.0. The van der Waals surface area contributed by atoms with Gasteiger partial charge in [-0.15, -0.1) is 0 Å². The lowest BCUT2D eigenvalue weighted by atomic mass is 10.0. The maximum Gasteiger partial charge on any atom is -0.0251 e. The van der Waals surface area contributed by atoms with E-state index in [0.29, 0.717) is 0 Å². The molecule has 2 rings (SSSR count). The molecule has 0 aromatic heterocycles. The van der Waals surface area contributed by atoms with Crippen LogP contribution < -0.4 is 0 Å². The third-order valence-corrected chi connectivity index (χ3v) is 3.15. The summed E-state index contributed by atoms with van der Waals surface area (Å²) in [5.41, 5.74) is 6.25. The molecule has 18 heavy (non-hydrogen) atoms. The molecular weight excluding hydrogens is 216 g/mol. The minimum absolute atomic E-state index is 1.15. The lowest BCUT2D eigenvalue weighted by molar-refractivity contribution is 1.33. The topological polar surface area (TPSA) is 0 Å². The fraction of sp³-hybridized carbons (Fsp3) is 0.111. The van der Waals surface area contributed by atoms with E-state index in [1.54, 1.807) is 0 Å². The molecular formula is C18H18. The highest BCUT2D eigenvalue weighted by Crippen LogP contribution is 2.14. The molecule has 0 saturated heterocycles. The average molecular weight is 234 g/mol. The number of rotatable bonds is 3. The Labute approximate surface area is 109 Å². The van der Waals surface area contributed by atoms with E-state index in [9.17, 15) is 0 Å². The van der Waals surface area contributed by atoms with Gasteiger partial charge in [-0.2, -0.15) is 0 Å². The van der Waals surface area contributed by atoms with Crippen LogP contribution in [0.4, 0.5) is 0 Å². The standard InChI is InChI=1S/C18H18/c1-4-16-6-5-7-17(13-16)10-11-18-9-8-14(2)15(3)12-18/h4-13H,1H2,2-3H3/b11-10+. The first-order chi connectivity index (χ1) is 8.69. The zero-order valence-electron chi connectivity index (χ0n) is 11.0. The Bertz CT molecular complexity index is 589. The van der Waals surface area contributed by atoms with Crippen LogP contribution in [0.2, 0.25) is 0 Å². The lowest BCUT2D eigenvalue weighted by Crippen LogP contribution is -1.81. The zero-order valence-corrected chi connectivity index (χ0v) is 11.0. The second-order valence-electron chi connectivity index (χ2n) is 4.55. The van der Waals surface area contributed by atoms with E-state index in [2.05, 4.69) is 75.0 Å². The normalized spacial score (nSPS) is 10.8. The van der Waals surface area contributed by atoms with Crippen LogP contribution in [0.1, 0.15) is 27.8 Å². The molecule has 0 fully saturated rings. The van der Waals surface area contributed by atoms with E-state index in [0.717, 1.165) is 5.56 Å². The first kappa shape index (κ1) is 12.4. The van der Waals surface area contributed by atoms with Crippen molar-refractivity contribution in [1.29, 1.82) is 0 Å². The molecule has 2 aromatic carbocycles. The van der Waals surface area contributed by atoms with Crippen molar-refractivity contribution >= 4 is 18.2 Å². The Morgan fingerprint density at radius 3 is 2.11 bits per heavy atom. The van der Waals surface area contributed by atoms with E-state index in [1.165, 1.54) is 22.3 Å². The van der Waals surface area contributed by atoms with Crippen LogP contribution >= 0.6 is 0 Å². The summed E-state index contributed by atoms with van der Waals surface area (Å²) in [5, 5.41) is 0. The third kappa shape index (κ3) is 2.98. The van der Waals surface area contributed by atoms with Crippen molar-refractivity contribution < 1.29 is 0 Å². The number of benzene rings is 2. The van der Waals surface area contributed by atoms with Gasteiger partial charge in [0.15, 0.2) is 0 Å². The smallest absolute Gasteiger partial charge is 0.0251 e. The monoisotopic (exact) mass is 234 g/mol. The molecule has 0 radical (unpaired) electrons. The number of hydrogen-bond acceptors (Lipinski definition) is 0. The van der Waals surface area contributed by atoms with Crippen LogP contribution in [0.25, 0.3) is 18.2 Å². The predicted molar refractivity (Wildman–Crippen MR) is 81.4 cm³/mol. The summed E-state index contributed by atoms with van der Waals surface area (Å²) in [7, 11) is 0. The van der Waals surface area contributed by atoms with E-state index in [-0.39, 0.29) is 0 Å². The second kappa shape index (κ2) is 5.50. The molecule has 0 heteroatoms. The molecule has 0 nitrogen and oxygen atoms in total.